The van der Waals surface area contributed by atoms with Crippen molar-refractivity contribution in [2.24, 2.45) is 0 Å². The van der Waals surface area contributed by atoms with E-state index in [0.29, 0.717) is 11.0 Å². The van der Waals surface area contributed by atoms with Crippen LogP contribution in [-0.4, -0.2) is 19.7 Å². The van der Waals surface area contributed by atoms with Crippen LogP contribution in [-0.2, 0) is 0 Å². The minimum Gasteiger partial charge on any atom is -0.222 e. The molecule has 0 aliphatic heterocycles. The van der Waals surface area contributed by atoms with E-state index >= 15 is 0 Å². The van der Waals surface area contributed by atoms with E-state index in [0.717, 1.165) is 11.4 Å². The van der Waals surface area contributed by atoms with Gasteiger partial charge < -0.3 is 0 Å². The van der Waals surface area contributed by atoms with Crippen molar-refractivity contribution < 1.29 is 0 Å². The molecular weight excluding hydrogens is 224 g/mol. The van der Waals surface area contributed by atoms with E-state index in [1.54, 1.807) is 16.9 Å². The highest BCUT2D eigenvalue weighted by Gasteiger charge is 2.08. The van der Waals surface area contributed by atoms with Crippen molar-refractivity contribution in [2.45, 2.75) is 26.7 Å². The van der Waals surface area contributed by atoms with Gasteiger partial charge in [0.25, 0.3) is 0 Å². The first kappa shape index (κ1) is 11.1. The van der Waals surface area contributed by atoms with Crippen molar-refractivity contribution in [1.82, 2.24) is 19.7 Å². The molecule has 0 bridgehead atoms. The predicted octanol–water partition coefficient (Wildman–Crippen LogP) is 2.75. The summed E-state index contributed by atoms with van der Waals surface area (Å²) in [4.78, 5) is 8.60. The molecule has 2 aromatic heterocycles. The van der Waals surface area contributed by atoms with Crippen molar-refractivity contribution in [1.29, 1.82) is 0 Å². The zero-order valence-electron chi connectivity index (χ0n) is 9.48. The Bertz CT molecular complexity index is 504. The average molecular weight is 237 g/mol. The standard InChI is InChI=1S/C11H13ClN4/c1-7(2)11-14-9(12)4-10(15-11)16-6-8(3)5-13-16/h4-7H,1-3H3. The molecule has 16 heavy (non-hydrogen) atoms. The molecule has 0 aliphatic carbocycles. The fourth-order valence-electron chi connectivity index (χ4n) is 1.34. The van der Waals surface area contributed by atoms with Crippen LogP contribution in [0.1, 0.15) is 31.2 Å². The predicted molar refractivity (Wildman–Crippen MR) is 63.0 cm³/mol. The molecule has 4 nitrogen and oxygen atoms in total. The molecule has 84 valence electrons. The van der Waals surface area contributed by atoms with Gasteiger partial charge in [0.2, 0.25) is 0 Å². The molecule has 0 radical (unpaired) electrons. The van der Waals surface area contributed by atoms with Crippen LogP contribution in [0.15, 0.2) is 18.5 Å². The van der Waals surface area contributed by atoms with Crippen LogP contribution in [0.3, 0.4) is 0 Å². The maximum absolute atomic E-state index is 5.96. The lowest BCUT2D eigenvalue weighted by Crippen LogP contribution is -2.04. The Balaban J connectivity index is 2.49. The summed E-state index contributed by atoms with van der Waals surface area (Å²) < 4.78 is 1.70. The van der Waals surface area contributed by atoms with E-state index in [1.807, 2.05) is 27.0 Å². The summed E-state index contributed by atoms with van der Waals surface area (Å²) in [6, 6.07) is 1.71. The van der Waals surface area contributed by atoms with E-state index < -0.39 is 0 Å². The van der Waals surface area contributed by atoms with Crippen molar-refractivity contribution in [3.63, 3.8) is 0 Å². The zero-order chi connectivity index (χ0) is 11.7. The first-order chi connectivity index (χ1) is 7.56. The van der Waals surface area contributed by atoms with Crippen molar-refractivity contribution in [2.75, 3.05) is 0 Å². The lowest BCUT2D eigenvalue weighted by Gasteiger charge is -2.07. The van der Waals surface area contributed by atoms with Gasteiger partial charge in [0, 0.05) is 18.2 Å². The Morgan fingerprint density at radius 3 is 2.62 bits per heavy atom. The molecule has 0 fully saturated rings. The number of halogens is 1. The van der Waals surface area contributed by atoms with Crippen molar-refractivity contribution >= 4 is 11.6 Å². The third kappa shape index (κ3) is 2.22. The molecule has 2 heterocycles. The van der Waals surface area contributed by atoms with Crippen molar-refractivity contribution in [3.05, 3.63) is 35.0 Å². The summed E-state index contributed by atoms with van der Waals surface area (Å²) in [5, 5.41) is 4.64. The van der Waals surface area contributed by atoms with Gasteiger partial charge in [-0.2, -0.15) is 5.10 Å². The molecular formula is C11H13ClN4. The molecule has 0 saturated heterocycles. The molecule has 0 unspecified atom stereocenters. The normalized spacial score (nSPS) is 11.1. The topological polar surface area (TPSA) is 43.6 Å². The fraction of sp³-hybridized carbons (Fsp3) is 0.364. The molecule has 0 amide bonds. The number of rotatable bonds is 2. The summed E-state index contributed by atoms with van der Waals surface area (Å²) >= 11 is 5.96. The smallest absolute Gasteiger partial charge is 0.158 e. The second-order valence-corrected chi connectivity index (χ2v) is 4.41. The van der Waals surface area contributed by atoms with Crippen molar-refractivity contribution in [3.8, 4) is 5.82 Å². The third-order valence-electron chi connectivity index (χ3n) is 2.16. The SMILES string of the molecule is Cc1cnn(-c2cc(Cl)nc(C(C)C)n2)c1. The summed E-state index contributed by atoms with van der Waals surface area (Å²) in [6.45, 7) is 6.04. The average Bonchev–Trinajstić information content (AvgIpc) is 2.64. The van der Waals surface area contributed by atoms with Gasteiger partial charge in [0.1, 0.15) is 11.0 Å². The Morgan fingerprint density at radius 1 is 1.31 bits per heavy atom. The summed E-state index contributed by atoms with van der Waals surface area (Å²) in [7, 11) is 0. The van der Waals surface area contributed by atoms with Crippen LogP contribution in [0.2, 0.25) is 5.15 Å². The van der Waals surface area contributed by atoms with Gasteiger partial charge in [-0.1, -0.05) is 25.4 Å². The number of hydrogen-bond donors (Lipinski definition) is 0. The first-order valence-electron chi connectivity index (χ1n) is 5.12. The number of aryl methyl sites for hydroxylation is 1. The van der Waals surface area contributed by atoms with Crippen LogP contribution in [0, 0.1) is 6.92 Å². The van der Waals surface area contributed by atoms with E-state index in [-0.39, 0.29) is 5.92 Å². The highest BCUT2D eigenvalue weighted by atomic mass is 35.5. The molecule has 5 heteroatoms. The molecule has 2 aromatic rings. The highest BCUT2D eigenvalue weighted by Crippen LogP contribution is 2.16. The van der Waals surface area contributed by atoms with E-state index in [4.69, 9.17) is 11.6 Å². The van der Waals surface area contributed by atoms with E-state index in [1.165, 1.54) is 0 Å². The number of nitrogens with zero attached hydrogens (tertiary/aromatic N) is 4. The Hall–Kier alpha value is -1.42. The Morgan fingerprint density at radius 2 is 2.06 bits per heavy atom. The van der Waals surface area contributed by atoms with Crippen LogP contribution in [0.4, 0.5) is 0 Å². The lowest BCUT2D eigenvalue weighted by molar-refractivity contribution is 0.745. The minimum atomic E-state index is 0.245. The second kappa shape index (κ2) is 4.22. The molecule has 0 saturated carbocycles. The highest BCUT2D eigenvalue weighted by molar-refractivity contribution is 6.29. The number of hydrogen-bond acceptors (Lipinski definition) is 3. The number of aromatic nitrogens is 4. The van der Waals surface area contributed by atoms with Crippen LogP contribution >= 0.6 is 11.6 Å². The molecule has 0 atom stereocenters. The van der Waals surface area contributed by atoms with Gasteiger partial charge in [-0.25, -0.2) is 14.6 Å². The molecule has 2 rings (SSSR count). The summed E-state index contributed by atoms with van der Waals surface area (Å²) in [6.07, 6.45) is 3.69. The van der Waals surface area contributed by atoms with E-state index in [9.17, 15) is 0 Å². The van der Waals surface area contributed by atoms with Gasteiger partial charge >= 0.3 is 0 Å². The quantitative estimate of drug-likeness (QED) is 0.753. The monoisotopic (exact) mass is 236 g/mol. The van der Waals surface area contributed by atoms with Crippen LogP contribution < -0.4 is 0 Å². The Kier molecular flexibility index (Phi) is 2.92. The summed E-state index contributed by atoms with van der Waals surface area (Å²) in [5.41, 5.74) is 1.08. The first-order valence-corrected chi connectivity index (χ1v) is 5.50. The van der Waals surface area contributed by atoms with E-state index in [2.05, 4.69) is 15.1 Å². The zero-order valence-corrected chi connectivity index (χ0v) is 10.2. The summed E-state index contributed by atoms with van der Waals surface area (Å²) in [5.74, 6) is 1.68. The molecule has 0 N–H and O–H groups in total. The Labute approximate surface area is 99.3 Å². The van der Waals surface area contributed by atoms with Gasteiger partial charge in [-0.15, -0.1) is 0 Å². The molecule has 0 aromatic carbocycles. The van der Waals surface area contributed by atoms with Gasteiger partial charge in [-0.05, 0) is 12.5 Å². The van der Waals surface area contributed by atoms with Crippen LogP contribution in [0.25, 0.3) is 5.82 Å². The van der Waals surface area contributed by atoms with Gasteiger partial charge in [-0.3, -0.25) is 0 Å². The van der Waals surface area contributed by atoms with Crippen LogP contribution in [0.5, 0.6) is 0 Å². The maximum Gasteiger partial charge on any atom is 0.158 e. The molecule has 0 aliphatic rings. The van der Waals surface area contributed by atoms with Gasteiger partial charge in [0.05, 0.1) is 6.20 Å². The third-order valence-corrected chi connectivity index (χ3v) is 2.36. The maximum atomic E-state index is 5.96. The molecule has 0 spiro atoms. The second-order valence-electron chi connectivity index (χ2n) is 4.02. The lowest BCUT2D eigenvalue weighted by atomic mass is 10.2. The fourth-order valence-corrected chi connectivity index (χ4v) is 1.52. The van der Waals surface area contributed by atoms with Gasteiger partial charge in [0.15, 0.2) is 5.82 Å². The minimum absolute atomic E-state index is 0.245. The largest absolute Gasteiger partial charge is 0.222 e.